The van der Waals surface area contributed by atoms with Crippen LogP contribution in [0.2, 0.25) is 0 Å². The second kappa shape index (κ2) is 4.68. The Hall–Kier alpha value is -1.85. The third kappa shape index (κ3) is 2.11. The monoisotopic (exact) mass is 260 g/mol. The molecule has 2 unspecified atom stereocenters. The molecule has 6 heteroatoms. The highest BCUT2D eigenvalue weighted by molar-refractivity contribution is 5.84. The summed E-state index contributed by atoms with van der Waals surface area (Å²) in [5, 5.41) is 3.17. The van der Waals surface area contributed by atoms with E-state index in [1.54, 1.807) is 6.33 Å². The SMILES string of the molecule is CCNc1nc(N2CC(C)C(C)C2)c2[nH]cnc2n1. The lowest BCUT2D eigenvalue weighted by Crippen LogP contribution is -2.22. The van der Waals surface area contributed by atoms with Gasteiger partial charge in [0.25, 0.3) is 0 Å². The van der Waals surface area contributed by atoms with Crippen LogP contribution in [0.1, 0.15) is 20.8 Å². The Bertz CT molecular complexity index is 568. The molecule has 2 aromatic heterocycles. The van der Waals surface area contributed by atoms with E-state index in [2.05, 4.69) is 44.0 Å². The van der Waals surface area contributed by atoms with Crippen molar-refractivity contribution in [3.05, 3.63) is 6.33 Å². The van der Waals surface area contributed by atoms with Crippen LogP contribution in [0.15, 0.2) is 6.33 Å². The van der Waals surface area contributed by atoms with E-state index in [9.17, 15) is 0 Å². The second-order valence-electron chi connectivity index (χ2n) is 5.36. The lowest BCUT2D eigenvalue weighted by Gasteiger charge is -2.18. The molecule has 0 aromatic carbocycles. The van der Waals surface area contributed by atoms with Gasteiger partial charge in [-0.1, -0.05) is 13.8 Å². The zero-order valence-electron chi connectivity index (χ0n) is 11.6. The van der Waals surface area contributed by atoms with Crippen LogP contribution in [0, 0.1) is 11.8 Å². The number of H-pyrrole nitrogens is 1. The summed E-state index contributed by atoms with van der Waals surface area (Å²) in [4.78, 5) is 18.8. The van der Waals surface area contributed by atoms with Crippen molar-refractivity contribution in [1.29, 1.82) is 0 Å². The molecule has 2 aromatic rings. The van der Waals surface area contributed by atoms with E-state index in [4.69, 9.17) is 0 Å². The molecule has 2 N–H and O–H groups in total. The van der Waals surface area contributed by atoms with Gasteiger partial charge in [0.1, 0.15) is 5.52 Å². The molecule has 0 saturated carbocycles. The van der Waals surface area contributed by atoms with Crippen molar-refractivity contribution in [2.45, 2.75) is 20.8 Å². The molecule has 1 aliphatic heterocycles. The third-order valence-corrected chi connectivity index (χ3v) is 3.89. The zero-order valence-corrected chi connectivity index (χ0v) is 11.6. The smallest absolute Gasteiger partial charge is 0.226 e. The predicted octanol–water partition coefficient (Wildman–Crippen LogP) is 1.88. The van der Waals surface area contributed by atoms with Crippen molar-refractivity contribution in [2.75, 3.05) is 29.9 Å². The molecule has 3 rings (SSSR count). The normalized spacial score (nSPS) is 23.2. The van der Waals surface area contributed by atoms with E-state index >= 15 is 0 Å². The van der Waals surface area contributed by atoms with Crippen LogP contribution in [-0.2, 0) is 0 Å². The number of aromatic nitrogens is 4. The highest BCUT2D eigenvalue weighted by Gasteiger charge is 2.28. The van der Waals surface area contributed by atoms with E-state index < -0.39 is 0 Å². The van der Waals surface area contributed by atoms with Crippen molar-refractivity contribution in [1.82, 2.24) is 19.9 Å². The maximum atomic E-state index is 4.65. The lowest BCUT2D eigenvalue weighted by atomic mass is 10.0. The number of nitrogens with zero attached hydrogens (tertiary/aromatic N) is 4. The summed E-state index contributed by atoms with van der Waals surface area (Å²) in [5.41, 5.74) is 1.66. The van der Waals surface area contributed by atoms with Crippen LogP contribution in [0.25, 0.3) is 11.2 Å². The predicted molar refractivity (Wildman–Crippen MR) is 76.4 cm³/mol. The van der Waals surface area contributed by atoms with Crippen LogP contribution in [0.3, 0.4) is 0 Å². The van der Waals surface area contributed by atoms with E-state index in [1.807, 2.05) is 6.92 Å². The number of imidazole rings is 1. The molecule has 0 bridgehead atoms. The first-order valence-electron chi connectivity index (χ1n) is 6.89. The average Bonchev–Trinajstić information content (AvgIpc) is 2.96. The van der Waals surface area contributed by atoms with Gasteiger partial charge in [-0.2, -0.15) is 9.97 Å². The van der Waals surface area contributed by atoms with Gasteiger partial charge in [0.15, 0.2) is 11.5 Å². The van der Waals surface area contributed by atoms with Gasteiger partial charge in [-0.15, -0.1) is 0 Å². The summed E-state index contributed by atoms with van der Waals surface area (Å²) in [6, 6.07) is 0. The molecule has 0 amide bonds. The Morgan fingerprint density at radius 2 is 2.05 bits per heavy atom. The minimum absolute atomic E-state index is 0.657. The number of hydrogen-bond acceptors (Lipinski definition) is 5. The first-order valence-corrected chi connectivity index (χ1v) is 6.89. The van der Waals surface area contributed by atoms with Crippen LogP contribution in [0.4, 0.5) is 11.8 Å². The van der Waals surface area contributed by atoms with Gasteiger partial charge in [0.2, 0.25) is 5.95 Å². The molecular weight excluding hydrogens is 240 g/mol. The van der Waals surface area contributed by atoms with Gasteiger partial charge in [0.05, 0.1) is 6.33 Å². The average molecular weight is 260 g/mol. The molecule has 0 aliphatic carbocycles. The van der Waals surface area contributed by atoms with Crippen LogP contribution in [0.5, 0.6) is 0 Å². The Balaban J connectivity index is 2.03. The van der Waals surface area contributed by atoms with Crippen molar-refractivity contribution >= 4 is 22.9 Å². The highest BCUT2D eigenvalue weighted by atomic mass is 15.3. The van der Waals surface area contributed by atoms with E-state index in [-0.39, 0.29) is 0 Å². The fourth-order valence-electron chi connectivity index (χ4n) is 2.59. The van der Waals surface area contributed by atoms with Gasteiger partial charge < -0.3 is 15.2 Å². The molecule has 0 radical (unpaired) electrons. The summed E-state index contributed by atoms with van der Waals surface area (Å²) < 4.78 is 0. The molecule has 3 heterocycles. The highest BCUT2D eigenvalue weighted by Crippen LogP contribution is 2.30. The fraction of sp³-hybridized carbons (Fsp3) is 0.615. The largest absolute Gasteiger partial charge is 0.354 e. The fourth-order valence-corrected chi connectivity index (χ4v) is 2.59. The summed E-state index contributed by atoms with van der Waals surface area (Å²) in [6.07, 6.45) is 1.68. The summed E-state index contributed by atoms with van der Waals surface area (Å²) >= 11 is 0. The van der Waals surface area contributed by atoms with Gasteiger partial charge in [0, 0.05) is 19.6 Å². The topological polar surface area (TPSA) is 69.7 Å². The Kier molecular flexibility index (Phi) is 3.00. The number of fused-ring (bicyclic) bond motifs is 1. The van der Waals surface area contributed by atoms with Crippen LogP contribution >= 0.6 is 0 Å². The van der Waals surface area contributed by atoms with Gasteiger partial charge in [-0.3, -0.25) is 0 Å². The second-order valence-corrected chi connectivity index (χ2v) is 5.36. The van der Waals surface area contributed by atoms with E-state index in [0.29, 0.717) is 17.8 Å². The molecule has 1 aliphatic rings. The molecule has 19 heavy (non-hydrogen) atoms. The number of anilines is 2. The number of hydrogen-bond donors (Lipinski definition) is 2. The lowest BCUT2D eigenvalue weighted by molar-refractivity contribution is 0.494. The Labute approximate surface area is 112 Å². The van der Waals surface area contributed by atoms with Crippen molar-refractivity contribution in [3.63, 3.8) is 0 Å². The molecule has 0 spiro atoms. The third-order valence-electron chi connectivity index (χ3n) is 3.89. The first kappa shape index (κ1) is 12.2. The van der Waals surface area contributed by atoms with Crippen molar-refractivity contribution < 1.29 is 0 Å². The maximum absolute atomic E-state index is 4.65. The zero-order chi connectivity index (χ0) is 13.4. The van der Waals surface area contributed by atoms with Crippen molar-refractivity contribution in [2.24, 2.45) is 11.8 Å². The number of rotatable bonds is 3. The van der Waals surface area contributed by atoms with Crippen LogP contribution < -0.4 is 10.2 Å². The van der Waals surface area contributed by atoms with E-state index in [1.165, 1.54) is 0 Å². The molecular formula is C13H20N6. The minimum atomic E-state index is 0.657. The van der Waals surface area contributed by atoms with Crippen LogP contribution in [-0.4, -0.2) is 39.6 Å². The quantitative estimate of drug-likeness (QED) is 0.881. The number of nitrogens with one attached hydrogen (secondary N) is 2. The first-order chi connectivity index (χ1) is 9.19. The Morgan fingerprint density at radius 3 is 2.74 bits per heavy atom. The van der Waals surface area contributed by atoms with E-state index in [0.717, 1.165) is 36.6 Å². The molecule has 102 valence electrons. The summed E-state index contributed by atoms with van der Waals surface area (Å²) in [6.45, 7) is 9.51. The Morgan fingerprint density at radius 1 is 1.32 bits per heavy atom. The molecule has 2 atom stereocenters. The summed E-state index contributed by atoms with van der Waals surface area (Å²) in [5.74, 6) is 3.00. The standard InChI is InChI=1S/C13H20N6/c1-4-14-13-17-11-10(15-7-16-11)12(18-13)19-5-8(2)9(3)6-19/h7-9H,4-6H2,1-3H3,(H2,14,15,16,17,18). The number of aromatic amines is 1. The molecule has 1 saturated heterocycles. The van der Waals surface area contributed by atoms with Gasteiger partial charge >= 0.3 is 0 Å². The van der Waals surface area contributed by atoms with Gasteiger partial charge in [-0.25, -0.2) is 4.98 Å². The molecule has 6 nitrogen and oxygen atoms in total. The van der Waals surface area contributed by atoms with Crippen molar-refractivity contribution in [3.8, 4) is 0 Å². The minimum Gasteiger partial charge on any atom is -0.354 e. The summed E-state index contributed by atoms with van der Waals surface area (Å²) in [7, 11) is 0. The van der Waals surface area contributed by atoms with Gasteiger partial charge in [-0.05, 0) is 18.8 Å². The maximum Gasteiger partial charge on any atom is 0.226 e. The molecule has 1 fully saturated rings.